The number of unbranched alkanes of at least 4 members (excludes halogenated alkanes) is 13. The monoisotopic (exact) mass is 478 g/mol. The molecule has 0 spiro atoms. The number of halogens is 1. The van der Waals surface area contributed by atoms with E-state index in [-0.39, 0.29) is 17.0 Å². The molecule has 0 heterocycles. The van der Waals surface area contributed by atoms with Gasteiger partial charge in [-0.3, -0.25) is 0 Å². The summed E-state index contributed by atoms with van der Waals surface area (Å²) in [6.07, 6.45) is 31.0. The summed E-state index contributed by atoms with van der Waals surface area (Å²) in [4.78, 5) is 0. The molecule has 1 unspecified atom stereocenters. The number of hydrogen-bond donors (Lipinski definition) is 0. The molecule has 0 fully saturated rings. The second-order valence-corrected chi connectivity index (χ2v) is 11.7. The highest BCUT2D eigenvalue weighted by atomic mass is 79.9. The Labute approximate surface area is 192 Å². The third-order valence-electron chi connectivity index (χ3n) is 6.13. The van der Waals surface area contributed by atoms with Crippen molar-refractivity contribution in [2.24, 2.45) is 0 Å². The third-order valence-corrected chi connectivity index (χ3v) is 9.46. The molecule has 0 aromatic rings. The zero-order valence-electron chi connectivity index (χ0n) is 20.3. The lowest BCUT2D eigenvalue weighted by atomic mass is 10.0. The van der Waals surface area contributed by atoms with Crippen molar-refractivity contribution in [3.63, 3.8) is 0 Å². The summed E-state index contributed by atoms with van der Waals surface area (Å²) >= 11 is 0. The van der Waals surface area contributed by atoms with Gasteiger partial charge in [0.1, 0.15) is 0 Å². The molecular weight excluding hydrogens is 423 g/mol. The van der Waals surface area contributed by atoms with E-state index in [1.165, 1.54) is 116 Å². The molecule has 0 bridgehead atoms. The first-order valence-corrected chi connectivity index (χ1v) is 14.8. The highest BCUT2D eigenvalue weighted by Crippen LogP contribution is 2.47. The summed E-state index contributed by atoms with van der Waals surface area (Å²) in [6.45, 7) is 9.45. The molecule has 0 aliphatic heterocycles. The third kappa shape index (κ3) is 20.2. The van der Waals surface area contributed by atoms with Crippen LogP contribution in [0, 0.1) is 0 Å². The molecule has 2 heteroatoms. The van der Waals surface area contributed by atoms with E-state index in [0.29, 0.717) is 7.92 Å². The van der Waals surface area contributed by atoms with Gasteiger partial charge in [0.05, 0.1) is 0 Å². The highest BCUT2D eigenvalue weighted by Gasteiger charge is 2.18. The van der Waals surface area contributed by atoms with Gasteiger partial charge in [0.2, 0.25) is 0 Å². The minimum Gasteiger partial charge on any atom is -0.114 e. The molecule has 0 aromatic heterocycles. The van der Waals surface area contributed by atoms with Crippen LogP contribution in [0.3, 0.4) is 0 Å². The van der Waals surface area contributed by atoms with Gasteiger partial charge in [-0.2, -0.15) is 0 Å². The molecule has 0 rings (SSSR count). The standard InChI is InChI=1S/C26H55P.BrH/c1-5-9-12-13-14-15-16-17-18-19-20-21-23-26(22-8-4)27(24-10-6-2)25-11-7-3;/h26H,5-25H2,1-4H3;1H. The van der Waals surface area contributed by atoms with Gasteiger partial charge in [0.25, 0.3) is 0 Å². The van der Waals surface area contributed by atoms with Gasteiger partial charge in [-0.25, -0.2) is 0 Å². The summed E-state index contributed by atoms with van der Waals surface area (Å²) in [5.41, 5.74) is 1.09. The Morgan fingerprint density at radius 1 is 0.429 bits per heavy atom. The van der Waals surface area contributed by atoms with Crippen molar-refractivity contribution in [1.29, 1.82) is 0 Å². The van der Waals surface area contributed by atoms with Crippen molar-refractivity contribution in [3.8, 4) is 0 Å². The van der Waals surface area contributed by atoms with Crippen LogP contribution >= 0.6 is 24.9 Å². The zero-order chi connectivity index (χ0) is 20.0. The molecule has 0 aliphatic rings. The first-order valence-electron chi connectivity index (χ1n) is 13.0. The Balaban J connectivity index is 0. The Kier molecular flexibility index (Phi) is 28.8. The molecule has 0 saturated carbocycles. The van der Waals surface area contributed by atoms with Crippen molar-refractivity contribution >= 4 is 24.9 Å². The molecule has 0 amide bonds. The molecule has 0 aliphatic carbocycles. The van der Waals surface area contributed by atoms with E-state index in [1.807, 2.05) is 0 Å². The van der Waals surface area contributed by atoms with E-state index >= 15 is 0 Å². The van der Waals surface area contributed by atoms with Crippen LogP contribution in [0.25, 0.3) is 0 Å². The quantitative estimate of drug-likeness (QED) is 0.107. The molecule has 1 atom stereocenters. The van der Waals surface area contributed by atoms with Crippen LogP contribution in [0.2, 0.25) is 0 Å². The van der Waals surface area contributed by atoms with Crippen LogP contribution in [0.4, 0.5) is 0 Å². The molecule has 0 nitrogen and oxygen atoms in total. The van der Waals surface area contributed by atoms with Crippen molar-refractivity contribution in [1.82, 2.24) is 0 Å². The molecular formula is C26H56BrP. The average Bonchev–Trinajstić information content (AvgIpc) is 2.68. The lowest BCUT2D eigenvalue weighted by Crippen LogP contribution is -2.10. The Bertz CT molecular complexity index is 261. The molecule has 172 valence electrons. The predicted molar refractivity (Wildman–Crippen MR) is 141 cm³/mol. The fraction of sp³-hybridized carbons (Fsp3) is 1.00. The van der Waals surface area contributed by atoms with E-state index in [4.69, 9.17) is 0 Å². The summed E-state index contributed by atoms with van der Waals surface area (Å²) in [6, 6.07) is 0. The van der Waals surface area contributed by atoms with Crippen LogP contribution in [-0.2, 0) is 0 Å². The van der Waals surface area contributed by atoms with E-state index < -0.39 is 0 Å². The maximum atomic E-state index is 2.41. The lowest BCUT2D eigenvalue weighted by molar-refractivity contribution is 0.532. The van der Waals surface area contributed by atoms with Gasteiger partial charge in [-0.05, 0) is 43.7 Å². The minimum absolute atomic E-state index is 0. The lowest BCUT2D eigenvalue weighted by Gasteiger charge is -2.28. The van der Waals surface area contributed by atoms with Crippen LogP contribution in [0.1, 0.15) is 150 Å². The number of hydrogen-bond acceptors (Lipinski definition) is 0. The Hall–Kier alpha value is 0.910. The van der Waals surface area contributed by atoms with Crippen molar-refractivity contribution in [2.45, 2.75) is 155 Å². The van der Waals surface area contributed by atoms with E-state index in [9.17, 15) is 0 Å². The first kappa shape index (κ1) is 31.1. The minimum atomic E-state index is 0. The SMILES string of the molecule is Br.CCCCCCCCCCCCCCC(CCC)P(CCCC)CCCC. The second kappa shape index (κ2) is 25.9. The van der Waals surface area contributed by atoms with Crippen LogP contribution in [-0.4, -0.2) is 18.0 Å². The van der Waals surface area contributed by atoms with E-state index in [1.54, 1.807) is 18.7 Å². The molecule has 0 radical (unpaired) electrons. The maximum Gasteiger partial charge on any atom is -0.0209 e. The smallest absolute Gasteiger partial charge is 0.0209 e. The maximum absolute atomic E-state index is 2.41. The fourth-order valence-electron chi connectivity index (χ4n) is 4.26. The summed E-state index contributed by atoms with van der Waals surface area (Å²) in [5, 5.41) is 0. The van der Waals surface area contributed by atoms with Crippen molar-refractivity contribution in [2.75, 3.05) is 12.3 Å². The molecule has 0 saturated heterocycles. The van der Waals surface area contributed by atoms with Gasteiger partial charge >= 0.3 is 0 Å². The van der Waals surface area contributed by atoms with Gasteiger partial charge < -0.3 is 0 Å². The van der Waals surface area contributed by atoms with Gasteiger partial charge in [0.15, 0.2) is 0 Å². The van der Waals surface area contributed by atoms with Crippen molar-refractivity contribution in [3.05, 3.63) is 0 Å². The normalized spacial score (nSPS) is 12.3. The summed E-state index contributed by atoms with van der Waals surface area (Å²) in [7, 11) is 0.319. The average molecular weight is 480 g/mol. The molecule has 0 N–H and O–H groups in total. The Morgan fingerprint density at radius 2 is 0.821 bits per heavy atom. The van der Waals surface area contributed by atoms with E-state index in [2.05, 4.69) is 27.7 Å². The largest absolute Gasteiger partial charge is 0.114 e. The molecule has 28 heavy (non-hydrogen) atoms. The summed E-state index contributed by atoms with van der Waals surface area (Å²) < 4.78 is 0. The topological polar surface area (TPSA) is 0 Å². The fourth-order valence-corrected chi connectivity index (χ4v) is 7.83. The van der Waals surface area contributed by atoms with Gasteiger partial charge in [-0.1, -0.05) is 124 Å². The van der Waals surface area contributed by atoms with Crippen LogP contribution < -0.4 is 0 Å². The highest BCUT2D eigenvalue weighted by molar-refractivity contribution is 8.93. The van der Waals surface area contributed by atoms with Gasteiger partial charge in [-0.15, -0.1) is 24.9 Å². The van der Waals surface area contributed by atoms with Crippen LogP contribution in [0.5, 0.6) is 0 Å². The number of rotatable bonds is 22. The first-order chi connectivity index (χ1) is 13.3. The zero-order valence-corrected chi connectivity index (χ0v) is 22.9. The van der Waals surface area contributed by atoms with E-state index in [0.717, 1.165) is 5.66 Å². The van der Waals surface area contributed by atoms with Gasteiger partial charge in [0, 0.05) is 0 Å². The molecule has 0 aromatic carbocycles. The second-order valence-electron chi connectivity index (χ2n) is 8.86. The van der Waals surface area contributed by atoms with Crippen molar-refractivity contribution < 1.29 is 0 Å². The summed E-state index contributed by atoms with van der Waals surface area (Å²) in [5.74, 6) is 0. The van der Waals surface area contributed by atoms with Crippen LogP contribution in [0.15, 0.2) is 0 Å². The predicted octanol–water partition coefficient (Wildman–Crippen LogP) is 10.9. The Morgan fingerprint density at radius 3 is 1.21 bits per heavy atom.